The molecule has 5 heteroatoms. The van der Waals surface area contributed by atoms with Gasteiger partial charge in [-0.25, -0.2) is 0 Å². The Kier molecular flexibility index (Phi) is 3.83. The first kappa shape index (κ1) is 13.9. The maximum atomic E-state index is 12.4. The fourth-order valence-corrected chi connectivity index (χ4v) is 1.92. The minimum atomic E-state index is -4.38. The van der Waals surface area contributed by atoms with Crippen molar-refractivity contribution in [2.45, 2.75) is 12.3 Å². The molecule has 2 aromatic rings. The second-order valence-corrected chi connectivity index (χ2v) is 4.51. The fourth-order valence-electron chi connectivity index (χ4n) is 1.72. The van der Waals surface area contributed by atoms with E-state index in [-0.39, 0.29) is 0 Å². The van der Waals surface area contributed by atoms with Crippen molar-refractivity contribution in [1.82, 2.24) is 0 Å². The average Bonchev–Trinajstić information content (AvgIpc) is 2.37. The van der Waals surface area contributed by atoms with Crippen molar-refractivity contribution in [1.29, 1.82) is 0 Å². The Morgan fingerprint density at radius 2 is 1.58 bits per heavy atom. The Bertz CT molecular complexity index is 564. The van der Waals surface area contributed by atoms with Crippen LogP contribution in [0.5, 0.6) is 0 Å². The van der Waals surface area contributed by atoms with E-state index in [1.807, 2.05) is 0 Å². The summed E-state index contributed by atoms with van der Waals surface area (Å²) in [7, 11) is 0. The van der Waals surface area contributed by atoms with Gasteiger partial charge >= 0.3 is 6.18 Å². The molecule has 1 N–H and O–H groups in total. The lowest BCUT2D eigenvalue weighted by atomic mass is 10.0. The summed E-state index contributed by atoms with van der Waals surface area (Å²) in [6, 6.07) is 11.0. The van der Waals surface area contributed by atoms with Crippen LogP contribution in [0.3, 0.4) is 0 Å². The molecule has 2 aromatic carbocycles. The van der Waals surface area contributed by atoms with Gasteiger partial charge in [0.15, 0.2) is 0 Å². The Morgan fingerprint density at radius 1 is 0.947 bits per heavy atom. The molecule has 0 radical (unpaired) electrons. The van der Waals surface area contributed by atoms with Crippen LogP contribution in [0, 0.1) is 0 Å². The largest absolute Gasteiger partial charge is 0.416 e. The second kappa shape index (κ2) is 5.23. The molecule has 0 bridgehead atoms. The van der Waals surface area contributed by atoms with Crippen molar-refractivity contribution < 1.29 is 18.3 Å². The molecular formula is C14H10ClF3O. The lowest BCUT2D eigenvalue weighted by Gasteiger charge is -2.13. The Labute approximate surface area is 113 Å². The highest BCUT2D eigenvalue weighted by Crippen LogP contribution is 2.31. The lowest BCUT2D eigenvalue weighted by molar-refractivity contribution is -0.137. The molecule has 100 valence electrons. The quantitative estimate of drug-likeness (QED) is 0.865. The zero-order valence-corrected chi connectivity index (χ0v) is 10.4. The summed E-state index contributed by atoms with van der Waals surface area (Å²) in [5.74, 6) is 0. The first-order chi connectivity index (χ1) is 8.88. The third-order valence-electron chi connectivity index (χ3n) is 2.72. The molecule has 0 saturated carbocycles. The fraction of sp³-hybridized carbons (Fsp3) is 0.143. The van der Waals surface area contributed by atoms with Crippen molar-refractivity contribution in [3.8, 4) is 0 Å². The first-order valence-corrected chi connectivity index (χ1v) is 5.86. The molecule has 0 heterocycles. The van der Waals surface area contributed by atoms with Gasteiger partial charge in [0.05, 0.1) is 5.56 Å². The molecular weight excluding hydrogens is 277 g/mol. The van der Waals surface area contributed by atoms with E-state index in [4.69, 9.17) is 11.6 Å². The number of rotatable bonds is 2. The summed E-state index contributed by atoms with van der Waals surface area (Å²) in [5.41, 5.74) is 0.178. The molecule has 0 fully saturated rings. The van der Waals surface area contributed by atoms with Gasteiger partial charge in [0.2, 0.25) is 0 Å². The molecule has 1 nitrogen and oxygen atoms in total. The predicted octanol–water partition coefficient (Wildman–Crippen LogP) is 4.44. The van der Waals surface area contributed by atoms with Gasteiger partial charge in [-0.1, -0.05) is 35.9 Å². The van der Waals surface area contributed by atoms with Gasteiger partial charge in [0.25, 0.3) is 0 Å². The van der Waals surface area contributed by atoms with E-state index in [9.17, 15) is 18.3 Å². The van der Waals surface area contributed by atoms with Crippen molar-refractivity contribution in [3.63, 3.8) is 0 Å². The van der Waals surface area contributed by atoms with Gasteiger partial charge in [0, 0.05) is 5.02 Å². The summed E-state index contributed by atoms with van der Waals surface area (Å²) >= 11 is 5.80. The van der Waals surface area contributed by atoms with Crippen LogP contribution >= 0.6 is 11.6 Å². The third kappa shape index (κ3) is 3.28. The number of benzene rings is 2. The Morgan fingerprint density at radius 3 is 2.11 bits per heavy atom. The van der Waals surface area contributed by atoms with Crippen LogP contribution in [0.4, 0.5) is 13.2 Å². The number of alkyl halides is 3. The van der Waals surface area contributed by atoms with Crippen LogP contribution in [0.1, 0.15) is 22.8 Å². The monoisotopic (exact) mass is 286 g/mol. The number of halogens is 4. The summed E-state index contributed by atoms with van der Waals surface area (Å²) in [5, 5.41) is 10.5. The smallest absolute Gasteiger partial charge is 0.384 e. The Hall–Kier alpha value is -1.52. The molecule has 0 spiro atoms. The van der Waals surface area contributed by atoms with Gasteiger partial charge in [-0.3, -0.25) is 0 Å². The van der Waals surface area contributed by atoms with Crippen LogP contribution in [0.25, 0.3) is 0 Å². The average molecular weight is 287 g/mol. The van der Waals surface area contributed by atoms with Crippen molar-refractivity contribution in [3.05, 3.63) is 70.2 Å². The maximum absolute atomic E-state index is 12.4. The van der Waals surface area contributed by atoms with Gasteiger partial charge in [-0.15, -0.1) is 0 Å². The summed E-state index contributed by atoms with van der Waals surface area (Å²) in [4.78, 5) is 0. The molecule has 0 aromatic heterocycles. The zero-order valence-electron chi connectivity index (χ0n) is 9.66. The molecule has 1 unspecified atom stereocenters. The first-order valence-electron chi connectivity index (χ1n) is 5.48. The van der Waals surface area contributed by atoms with Crippen LogP contribution in [0.15, 0.2) is 48.5 Å². The lowest BCUT2D eigenvalue weighted by Crippen LogP contribution is -2.06. The Balaban J connectivity index is 2.27. The highest BCUT2D eigenvalue weighted by molar-refractivity contribution is 6.30. The zero-order chi connectivity index (χ0) is 14.0. The SMILES string of the molecule is OC(c1ccc(C(F)(F)F)cc1)c1cccc(Cl)c1. The van der Waals surface area contributed by atoms with Crippen molar-refractivity contribution >= 4 is 11.6 Å². The summed E-state index contributed by atoms with van der Waals surface area (Å²) < 4.78 is 37.2. The maximum Gasteiger partial charge on any atom is 0.416 e. The molecule has 0 aliphatic heterocycles. The summed E-state index contributed by atoms with van der Waals surface area (Å²) in [6.45, 7) is 0. The van der Waals surface area contributed by atoms with Gasteiger partial charge in [0.1, 0.15) is 6.10 Å². The van der Waals surface area contributed by atoms with Gasteiger partial charge in [-0.05, 0) is 35.4 Å². The topological polar surface area (TPSA) is 20.2 Å². The molecule has 1 atom stereocenters. The van der Waals surface area contributed by atoms with Gasteiger partial charge in [-0.2, -0.15) is 13.2 Å². The molecule has 2 rings (SSSR count). The molecule has 0 amide bonds. The van der Waals surface area contributed by atoms with Crippen LogP contribution in [0.2, 0.25) is 5.02 Å². The molecule has 0 aliphatic rings. The predicted molar refractivity (Wildman–Crippen MR) is 67.0 cm³/mol. The highest BCUT2D eigenvalue weighted by Gasteiger charge is 2.30. The van der Waals surface area contributed by atoms with E-state index in [0.717, 1.165) is 12.1 Å². The minimum absolute atomic E-state index is 0.385. The standard InChI is InChI=1S/C14H10ClF3O/c15-12-3-1-2-10(8-12)13(19)9-4-6-11(7-5-9)14(16,17)18/h1-8,13,19H. The van der Waals surface area contributed by atoms with E-state index < -0.39 is 17.8 Å². The molecule has 0 aliphatic carbocycles. The van der Waals surface area contributed by atoms with E-state index in [1.54, 1.807) is 24.3 Å². The van der Waals surface area contributed by atoms with Gasteiger partial charge < -0.3 is 5.11 Å². The van der Waals surface area contributed by atoms with E-state index >= 15 is 0 Å². The number of hydrogen-bond donors (Lipinski definition) is 1. The van der Waals surface area contributed by atoms with E-state index in [1.165, 1.54) is 12.1 Å². The van der Waals surface area contributed by atoms with Crippen molar-refractivity contribution in [2.75, 3.05) is 0 Å². The third-order valence-corrected chi connectivity index (χ3v) is 2.95. The molecule has 19 heavy (non-hydrogen) atoms. The number of aliphatic hydroxyl groups excluding tert-OH is 1. The van der Waals surface area contributed by atoms with Crippen LogP contribution in [-0.2, 0) is 6.18 Å². The normalized spacial score (nSPS) is 13.3. The van der Waals surface area contributed by atoms with Crippen LogP contribution < -0.4 is 0 Å². The highest BCUT2D eigenvalue weighted by atomic mass is 35.5. The van der Waals surface area contributed by atoms with E-state index in [0.29, 0.717) is 16.1 Å². The minimum Gasteiger partial charge on any atom is -0.384 e. The van der Waals surface area contributed by atoms with Crippen LogP contribution in [-0.4, -0.2) is 5.11 Å². The number of hydrogen-bond acceptors (Lipinski definition) is 1. The second-order valence-electron chi connectivity index (χ2n) is 4.08. The summed E-state index contributed by atoms with van der Waals surface area (Å²) in [6.07, 6.45) is -5.37. The van der Waals surface area contributed by atoms with Crippen molar-refractivity contribution in [2.24, 2.45) is 0 Å². The molecule has 0 saturated heterocycles. The van der Waals surface area contributed by atoms with E-state index in [2.05, 4.69) is 0 Å². The number of aliphatic hydroxyl groups is 1.